The van der Waals surface area contributed by atoms with Crippen molar-refractivity contribution in [2.75, 3.05) is 13.6 Å². The molecule has 9 nitrogen and oxygen atoms in total. The van der Waals surface area contributed by atoms with Crippen LogP contribution in [0.15, 0.2) is 15.8 Å². The molecule has 1 aromatic rings. The molecular formula is C15H23N3O6. The zero-order valence-electron chi connectivity index (χ0n) is 13.5. The van der Waals surface area contributed by atoms with Gasteiger partial charge in [0, 0.05) is 11.8 Å². The number of hydrogen-bond acceptors (Lipinski definition) is 7. The summed E-state index contributed by atoms with van der Waals surface area (Å²) >= 11 is 0. The zero-order valence-corrected chi connectivity index (χ0v) is 13.5. The van der Waals surface area contributed by atoms with E-state index in [1.807, 2.05) is 7.05 Å². The summed E-state index contributed by atoms with van der Waals surface area (Å²) in [7, 11) is 1.85. The molecule has 1 fully saturated rings. The van der Waals surface area contributed by atoms with E-state index in [2.05, 4.69) is 10.3 Å². The van der Waals surface area contributed by atoms with Crippen LogP contribution in [0, 0.1) is 0 Å². The first-order chi connectivity index (χ1) is 11.5. The van der Waals surface area contributed by atoms with Gasteiger partial charge in [0.25, 0.3) is 5.56 Å². The molecule has 0 aromatic carbocycles. The smallest absolute Gasteiger partial charge is 0.328 e. The lowest BCUT2D eigenvalue weighted by atomic mass is 10.1. The van der Waals surface area contributed by atoms with E-state index in [0.29, 0.717) is 18.3 Å². The van der Waals surface area contributed by atoms with Gasteiger partial charge in [0.2, 0.25) is 0 Å². The van der Waals surface area contributed by atoms with Crippen LogP contribution in [-0.2, 0) is 22.5 Å². The number of aromatic nitrogens is 2. The lowest BCUT2D eigenvalue weighted by molar-refractivity contribution is -0.121. The molecule has 4 atom stereocenters. The largest absolute Gasteiger partial charge is 0.388 e. The molecule has 1 aromatic heterocycles. The van der Waals surface area contributed by atoms with Crippen molar-refractivity contribution in [3.8, 4) is 0 Å². The first-order valence-corrected chi connectivity index (χ1v) is 7.92. The van der Waals surface area contributed by atoms with E-state index < -0.39 is 35.7 Å². The minimum Gasteiger partial charge on any atom is -0.388 e. The first kappa shape index (κ1) is 18.5. The van der Waals surface area contributed by atoms with Gasteiger partial charge in [-0.05, 0) is 32.9 Å². The number of aliphatic hydroxyl groups excluding tert-OH is 2. The fourth-order valence-corrected chi connectivity index (χ4v) is 2.72. The second kappa shape index (κ2) is 8.34. The normalized spacial score (nSPS) is 26.6. The Morgan fingerprint density at radius 1 is 1.33 bits per heavy atom. The van der Waals surface area contributed by atoms with Gasteiger partial charge in [0.05, 0.1) is 6.54 Å². The third-order valence-corrected chi connectivity index (χ3v) is 4.12. The van der Waals surface area contributed by atoms with Gasteiger partial charge in [0.1, 0.15) is 24.4 Å². The third-order valence-electron chi connectivity index (χ3n) is 4.12. The van der Waals surface area contributed by atoms with E-state index in [1.165, 1.54) is 10.8 Å². The molecule has 1 aliphatic heterocycles. The summed E-state index contributed by atoms with van der Waals surface area (Å²) in [6.07, 6.45) is -0.576. The maximum absolute atomic E-state index is 11.9. The maximum atomic E-state index is 11.9. The number of aliphatic hydroxyl groups is 2. The molecule has 4 N–H and O–H groups in total. The second-order valence-corrected chi connectivity index (χ2v) is 5.88. The van der Waals surface area contributed by atoms with E-state index in [4.69, 9.17) is 4.74 Å². The predicted molar refractivity (Wildman–Crippen MR) is 84.9 cm³/mol. The molecule has 1 saturated heterocycles. The molecule has 9 heteroatoms. The lowest BCUT2D eigenvalue weighted by Crippen LogP contribution is -2.39. The van der Waals surface area contributed by atoms with Gasteiger partial charge < -0.3 is 25.1 Å². The molecule has 24 heavy (non-hydrogen) atoms. The van der Waals surface area contributed by atoms with Crippen LogP contribution in [0.3, 0.4) is 0 Å². The fourth-order valence-electron chi connectivity index (χ4n) is 2.72. The number of rotatable bonds is 8. The van der Waals surface area contributed by atoms with E-state index in [1.54, 1.807) is 0 Å². The Kier molecular flexibility index (Phi) is 6.44. The van der Waals surface area contributed by atoms with Gasteiger partial charge in [-0.2, -0.15) is 0 Å². The van der Waals surface area contributed by atoms with Crippen molar-refractivity contribution in [3.05, 3.63) is 32.6 Å². The Bertz CT molecular complexity index is 670. The Morgan fingerprint density at radius 3 is 2.71 bits per heavy atom. The molecule has 4 unspecified atom stereocenters. The van der Waals surface area contributed by atoms with Crippen LogP contribution in [0.5, 0.6) is 0 Å². The average molecular weight is 341 g/mol. The molecule has 0 bridgehead atoms. The summed E-state index contributed by atoms with van der Waals surface area (Å²) < 4.78 is 6.47. The molecular weight excluding hydrogens is 318 g/mol. The molecule has 0 radical (unpaired) electrons. The van der Waals surface area contributed by atoms with Crippen LogP contribution in [-0.4, -0.2) is 64.1 Å². The Balaban J connectivity index is 2.11. The highest BCUT2D eigenvalue weighted by molar-refractivity contribution is 5.58. The summed E-state index contributed by atoms with van der Waals surface area (Å²) in [5, 5.41) is 22.6. The van der Waals surface area contributed by atoms with Gasteiger partial charge in [-0.3, -0.25) is 14.3 Å². The predicted octanol–water partition coefficient (Wildman–Crippen LogP) is -2.23. The minimum atomic E-state index is -1.33. The van der Waals surface area contributed by atoms with Gasteiger partial charge in [0.15, 0.2) is 6.29 Å². The van der Waals surface area contributed by atoms with E-state index in [9.17, 15) is 24.6 Å². The number of aldehydes is 1. The number of aromatic amines is 1. The van der Waals surface area contributed by atoms with Crippen LogP contribution in [0.1, 0.15) is 18.4 Å². The molecule has 0 saturated carbocycles. The van der Waals surface area contributed by atoms with Crippen molar-refractivity contribution in [2.24, 2.45) is 0 Å². The number of carbonyl (C=O) groups is 1. The highest BCUT2D eigenvalue weighted by atomic mass is 16.5. The monoisotopic (exact) mass is 341 g/mol. The van der Waals surface area contributed by atoms with Crippen molar-refractivity contribution in [3.63, 3.8) is 0 Å². The number of nitrogens with zero attached hydrogens (tertiary/aromatic N) is 1. The van der Waals surface area contributed by atoms with E-state index >= 15 is 0 Å². The Hall–Kier alpha value is -1.81. The molecule has 1 aliphatic rings. The van der Waals surface area contributed by atoms with Gasteiger partial charge in [-0.25, -0.2) is 4.79 Å². The number of nitrogens with one attached hydrogen (secondary N) is 2. The molecule has 0 spiro atoms. The Labute approximate surface area is 138 Å². The van der Waals surface area contributed by atoms with Crippen molar-refractivity contribution < 1.29 is 19.7 Å². The number of hydrogen-bond donors (Lipinski definition) is 4. The van der Waals surface area contributed by atoms with Gasteiger partial charge in [-0.15, -0.1) is 0 Å². The second-order valence-electron chi connectivity index (χ2n) is 5.88. The van der Waals surface area contributed by atoms with Crippen molar-refractivity contribution >= 4 is 6.29 Å². The van der Waals surface area contributed by atoms with Crippen LogP contribution in [0.4, 0.5) is 0 Å². The fraction of sp³-hybridized carbons (Fsp3) is 0.667. The highest BCUT2D eigenvalue weighted by Crippen LogP contribution is 2.21. The van der Waals surface area contributed by atoms with Gasteiger partial charge >= 0.3 is 5.69 Å². The number of unbranched alkanes of at least 4 members (excludes halogenated alkanes) is 1. The maximum Gasteiger partial charge on any atom is 0.328 e. The van der Waals surface area contributed by atoms with Crippen LogP contribution in [0.2, 0.25) is 0 Å². The van der Waals surface area contributed by atoms with E-state index in [-0.39, 0.29) is 6.54 Å². The van der Waals surface area contributed by atoms with Gasteiger partial charge in [-0.1, -0.05) is 0 Å². The highest BCUT2D eigenvalue weighted by Gasteiger charge is 2.42. The topological polar surface area (TPSA) is 134 Å². The van der Waals surface area contributed by atoms with Crippen molar-refractivity contribution in [2.45, 2.75) is 50.2 Å². The summed E-state index contributed by atoms with van der Waals surface area (Å²) in [5.41, 5.74) is -0.594. The summed E-state index contributed by atoms with van der Waals surface area (Å²) in [6.45, 7) is 0.770. The van der Waals surface area contributed by atoms with E-state index in [0.717, 1.165) is 19.4 Å². The molecule has 2 heterocycles. The summed E-state index contributed by atoms with van der Waals surface area (Å²) in [4.78, 5) is 36.8. The molecule has 0 aliphatic carbocycles. The molecule has 134 valence electrons. The van der Waals surface area contributed by atoms with Crippen molar-refractivity contribution in [1.82, 2.24) is 14.9 Å². The van der Waals surface area contributed by atoms with Crippen molar-refractivity contribution in [1.29, 1.82) is 0 Å². The van der Waals surface area contributed by atoms with Crippen LogP contribution < -0.4 is 16.6 Å². The lowest BCUT2D eigenvalue weighted by Gasteiger charge is -2.16. The number of H-pyrrole nitrogens is 1. The Morgan fingerprint density at radius 2 is 2.08 bits per heavy atom. The minimum absolute atomic E-state index is 0.0678. The number of aryl methyl sites for hydroxylation is 1. The zero-order chi connectivity index (χ0) is 17.7. The average Bonchev–Trinajstić information content (AvgIpc) is 2.83. The standard InChI is InChI=1S/C15H23N3O6/c1-16-5-3-2-4-9-6-18(15(23)17-14(9)22)7-10-12(20)13(21)11(8-19)24-10/h6,8,10-13,16,20-21H,2-5,7H2,1H3,(H,17,22,23). The number of carbonyl (C=O) groups excluding carboxylic acids is 1. The number of ether oxygens (including phenoxy) is 1. The summed E-state index contributed by atoms with van der Waals surface area (Å²) in [5.74, 6) is 0. The van der Waals surface area contributed by atoms with Crippen LogP contribution in [0.25, 0.3) is 0 Å². The SMILES string of the molecule is CNCCCCc1cn(CC2OC(C=O)C(O)C2O)c(=O)[nH]c1=O. The third kappa shape index (κ3) is 4.18. The first-order valence-electron chi connectivity index (χ1n) is 7.92. The molecule has 0 amide bonds. The quantitative estimate of drug-likeness (QED) is 0.310. The molecule has 2 rings (SSSR count). The summed E-state index contributed by atoms with van der Waals surface area (Å²) in [6, 6.07) is 0. The van der Waals surface area contributed by atoms with Crippen LogP contribution >= 0.6 is 0 Å².